The number of rotatable bonds is 5. The van der Waals surface area contributed by atoms with E-state index in [0.29, 0.717) is 5.56 Å². The number of amides is 1. The van der Waals surface area contributed by atoms with Crippen LogP contribution in [-0.2, 0) is 16.0 Å². The maximum absolute atomic E-state index is 12.0. The van der Waals surface area contributed by atoms with E-state index in [4.69, 9.17) is 16.7 Å². The number of phenolic OH excluding ortho intramolecular Hbond substituents is 1. The first-order valence-corrected chi connectivity index (χ1v) is 5.23. The molecule has 0 aliphatic carbocycles. The number of hydrogen-bond donors (Lipinski definition) is 2. The van der Waals surface area contributed by atoms with Gasteiger partial charge in [0.2, 0.25) is 5.24 Å². The van der Waals surface area contributed by atoms with Gasteiger partial charge in [0.15, 0.2) is 6.67 Å². The van der Waals surface area contributed by atoms with Crippen LogP contribution < -0.4 is 5.32 Å². The van der Waals surface area contributed by atoms with Crippen molar-refractivity contribution in [3.05, 3.63) is 29.8 Å². The number of carbonyl (C=O) groups excluding carboxylic acids is 2. The molecular formula is C11H11ClFNO3. The van der Waals surface area contributed by atoms with Crippen molar-refractivity contribution in [3.63, 3.8) is 0 Å². The van der Waals surface area contributed by atoms with Crippen molar-refractivity contribution in [2.75, 3.05) is 6.67 Å². The van der Waals surface area contributed by atoms with Crippen molar-refractivity contribution in [1.29, 1.82) is 0 Å². The lowest BCUT2D eigenvalue weighted by Gasteiger charge is -2.13. The van der Waals surface area contributed by atoms with E-state index in [1.54, 1.807) is 12.1 Å². The van der Waals surface area contributed by atoms with Gasteiger partial charge in [-0.05, 0) is 29.3 Å². The number of carbonyl (C=O) groups is 2. The number of benzene rings is 1. The lowest BCUT2D eigenvalue weighted by atomic mass is 10.1. The number of halogens is 2. The molecule has 1 amide bonds. The highest BCUT2D eigenvalue weighted by Gasteiger charge is 2.19. The maximum Gasteiger partial charge on any atom is 0.252 e. The minimum atomic E-state index is -1.20. The van der Waals surface area contributed by atoms with E-state index in [2.05, 4.69) is 5.32 Å². The molecule has 17 heavy (non-hydrogen) atoms. The summed E-state index contributed by atoms with van der Waals surface area (Å²) in [5, 5.41) is 10.5. The van der Waals surface area contributed by atoms with Gasteiger partial charge < -0.3 is 10.4 Å². The Morgan fingerprint density at radius 3 is 2.41 bits per heavy atom. The third kappa shape index (κ3) is 4.40. The van der Waals surface area contributed by atoms with E-state index in [1.807, 2.05) is 0 Å². The molecule has 0 radical (unpaired) electrons. The third-order valence-corrected chi connectivity index (χ3v) is 2.37. The molecule has 0 aromatic heterocycles. The Morgan fingerprint density at radius 2 is 1.94 bits per heavy atom. The topological polar surface area (TPSA) is 66.4 Å². The van der Waals surface area contributed by atoms with Crippen molar-refractivity contribution in [2.24, 2.45) is 0 Å². The van der Waals surface area contributed by atoms with Crippen molar-refractivity contribution >= 4 is 22.8 Å². The smallest absolute Gasteiger partial charge is 0.252 e. The van der Waals surface area contributed by atoms with Gasteiger partial charge in [-0.15, -0.1) is 0 Å². The van der Waals surface area contributed by atoms with Crippen LogP contribution in [0.4, 0.5) is 4.39 Å². The molecule has 1 aromatic rings. The highest BCUT2D eigenvalue weighted by atomic mass is 35.5. The quantitative estimate of drug-likeness (QED) is 0.780. The van der Waals surface area contributed by atoms with E-state index in [0.717, 1.165) is 0 Å². The van der Waals surface area contributed by atoms with Crippen LogP contribution >= 0.6 is 11.6 Å². The molecular weight excluding hydrogens is 249 g/mol. The van der Waals surface area contributed by atoms with Crippen LogP contribution in [0.5, 0.6) is 5.75 Å². The van der Waals surface area contributed by atoms with Gasteiger partial charge in [-0.1, -0.05) is 12.1 Å². The van der Waals surface area contributed by atoms with E-state index in [9.17, 15) is 14.0 Å². The molecule has 1 aromatic carbocycles. The van der Waals surface area contributed by atoms with E-state index in [1.165, 1.54) is 12.1 Å². The number of phenols is 1. The summed E-state index contributed by atoms with van der Waals surface area (Å²) < 4.78 is 12.0. The third-order valence-electron chi connectivity index (χ3n) is 2.11. The summed E-state index contributed by atoms with van der Waals surface area (Å²) in [5.41, 5.74) is 0.695. The molecule has 1 rings (SSSR count). The molecule has 92 valence electrons. The van der Waals surface area contributed by atoms with Crippen LogP contribution in [0.2, 0.25) is 0 Å². The number of nitrogens with one attached hydrogen (secondary N) is 1. The summed E-state index contributed by atoms with van der Waals surface area (Å²) in [4.78, 5) is 21.9. The van der Waals surface area contributed by atoms with Gasteiger partial charge in [0.1, 0.15) is 11.8 Å². The number of hydrogen-bond acceptors (Lipinski definition) is 3. The lowest BCUT2D eigenvalue weighted by Crippen LogP contribution is -2.41. The second-order valence-corrected chi connectivity index (χ2v) is 3.80. The van der Waals surface area contributed by atoms with Gasteiger partial charge in [-0.25, -0.2) is 4.39 Å². The van der Waals surface area contributed by atoms with Crippen molar-refractivity contribution in [3.8, 4) is 5.75 Å². The molecule has 0 spiro atoms. The Hall–Kier alpha value is -1.62. The number of aromatic hydroxyl groups is 1. The van der Waals surface area contributed by atoms with Crippen molar-refractivity contribution in [1.82, 2.24) is 5.32 Å². The summed E-state index contributed by atoms with van der Waals surface area (Å²) in [6.07, 6.45) is 0.147. The van der Waals surface area contributed by atoms with Crippen LogP contribution in [0, 0.1) is 0 Å². The van der Waals surface area contributed by atoms with Gasteiger partial charge in [0.05, 0.1) is 0 Å². The van der Waals surface area contributed by atoms with Gasteiger partial charge in [-0.2, -0.15) is 0 Å². The predicted octanol–water partition coefficient (Wildman–Crippen LogP) is 1.15. The maximum atomic E-state index is 12.0. The molecule has 0 unspecified atom stereocenters. The van der Waals surface area contributed by atoms with Crippen molar-refractivity contribution < 1.29 is 19.1 Å². The van der Waals surface area contributed by atoms with E-state index < -0.39 is 23.9 Å². The summed E-state index contributed by atoms with van der Waals surface area (Å²) >= 11 is 5.30. The fraction of sp³-hybridized carbons (Fsp3) is 0.273. The van der Waals surface area contributed by atoms with Crippen LogP contribution in [-0.4, -0.2) is 29.0 Å². The highest BCUT2D eigenvalue weighted by Crippen LogP contribution is 2.12. The zero-order chi connectivity index (χ0) is 12.8. The van der Waals surface area contributed by atoms with Crippen LogP contribution in [0.3, 0.4) is 0 Å². The standard InChI is InChI=1S/C11H11ClFNO3/c12-11(17)9(14-10(16)6-13)5-7-1-3-8(15)4-2-7/h1-4,9,15H,5-6H2,(H,14,16)/t9-/m0/s1. The largest absolute Gasteiger partial charge is 0.508 e. The number of alkyl halides is 1. The minimum Gasteiger partial charge on any atom is -0.508 e. The molecule has 0 aliphatic rings. The van der Waals surface area contributed by atoms with Gasteiger partial charge in [0, 0.05) is 6.42 Å². The molecule has 4 nitrogen and oxygen atoms in total. The predicted molar refractivity (Wildman–Crippen MR) is 60.6 cm³/mol. The molecule has 0 saturated carbocycles. The monoisotopic (exact) mass is 259 g/mol. The molecule has 6 heteroatoms. The summed E-state index contributed by atoms with van der Waals surface area (Å²) in [5.74, 6) is -0.793. The first-order chi connectivity index (χ1) is 8.02. The molecule has 0 aliphatic heterocycles. The Labute approximate surface area is 102 Å². The molecule has 2 N–H and O–H groups in total. The summed E-state index contributed by atoms with van der Waals surface area (Å²) in [6.45, 7) is -1.20. The molecule has 1 atom stereocenters. The van der Waals surface area contributed by atoms with Crippen LogP contribution in [0.25, 0.3) is 0 Å². The van der Waals surface area contributed by atoms with Crippen molar-refractivity contribution in [2.45, 2.75) is 12.5 Å². The Balaban J connectivity index is 2.70. The molecule has 0 fully saturated rings. The lowest BCUT2D eigenvalue weighted by molar-refractivity contribution is -0.125. The van der Waals surface area contributed by atoms with Gasteiger partial charge in [0.25, 0.3) is 5.91 Å². The van der Waals surface area contributed by atoms with Gasteiger partial charge >= 0.3 is 0 Å². The Morgan fingerprint density at radius 1 is 1.35 bits per heavy atom. The zero-order valence-electron chi connectivity index (χ0n) is 8.82. The average molecular weight is 260 g/mol. The highest BCUT2D eigenvalue weighted by molar-refractivity contribution is 6.64. The second kappa shape index (κ2) is 6.20. The van der Waals surface area contributed by atoms with E-state index >= 15 is 0 Å². The first-order valence-electron chi connectivity index (χ1n) is 4.85. The fourth-order valence-electron chi connectivity index (χ4n) is 1.29. The minimum absolute atomic E-state index is 0.0929. The molecule has 0 saturated heterocycles. The zero-order valence-corrected chi connectivity index (χ0v) is 9.58. The second-order valence-electron chi connectivity index (χ2n) is 3.43. The molecule has 0 bridgehead atoms. The SMILES string of the molecule is O=C(CF)N[C@@H](Cc1ccc(O)cc1)C(=O)Cl. The summed E-state index contributed by atoms with van der Waals surface area (Å²) in [7, 11) is 0. The Bertz CT molecular complexity index is 408. The van der Waals surface area contributed by atoms with Gasteiger partial charge in [-0.3, -0.25) is 9.59 Å². The van der Waals surface area contributed by atoms with E-state index in [-0.39, 0.29) is 12.2 Å². The summed E-state index contributed by atoms with van der Waals surface area (Å²) in [6, 6.07) is 5.10. The normalized spacial score (nSPS) is 11.9. The first kappa shape index (κ1) is 13.4. The van der Waals surface area contributed by atoms with Crippen LogP contribution in [0.15, 0.2) is 24.3 Å². The van der Waals surface area contributed by atoms with Crippen LogP contribution in [0.1, 0.15) is 5.56 Å². The Kier molecular flexibility index (Phi) is 4.90. The fourth-order valence-corrected chi connectivity index (χ4v) is 1.42. The molecule has 0 heterocycles. The average Bonchev–Trinajstić information content (AvgIpc) is 2.30.